The van der Waals surface area contributed by atoms with Crippen molar-refractivity contribution in [1.29, 1.82) is 0 Å². The summed E-state index contributed by atoms with van der Waals surface area (Å²) < 4.78 is 12.9. The van der Waals surface area contributed by atoms with E-state index in [1.54, 1.807) is 12.1 Å². The molecule has 0 aromatic heterocycles. The van der Waals surface area contributed by atoms with Gasteiger partial charge in [0.05, 0.1) is 0 Å². The van der Waals surface area contributed by atoms with Gasteiger partial charge in [-0.15, -0.1) is 0 Å². The van der Waals surface area contributed by atoms with Crippen LogP contribution in [0.5, 0.6) is 0 Å². The van der Waals surface area contributed by atoms with Crippen molar-refractivity contribution in [3.63, 3.8) is 0 Å². The van der Waals surface area contributed by atoms with Gasteiger partial charge in [-0.25, -0.2) is 4.39 Å². The van der Waals surface area contributed by atoms with Crippen molar-refractivity contribution in [2.24, 2.45) is 5.92 Å². The Morgan fingerprint density at radius 3 is 2.37 bits per heavy atom. The lowest BCUT2D eigenvalue weighted by Crippen LogP contribution is -2.30. The van der Waals surface area contributed by atoms with Gasteiger partial charge in [0.25, 0.3) is 0 Å². The summed E-state index contributed by atoms with van der Waals surface area (Å²) in [5.74, 6) is 0.506. The molecule has 2 heteroatoms. The predicted octanol–water partition coefficient (Wildman–Crippen LogP) is 4.56. The fraction of sp³-hybridized carbons (Fsp3) is 0.647. The van der Waals surface area contributed by atoms with Crippen LogP contribution in [0.25, 0.3) is 0 Å². The third-order valence-electron chi connectivity index (χ3n) is 3.47. The Balaban J connectivity index is 2.48. The molecule has 0 spiro atoms. The van der Waals surface area contributed by atoms with Gasteiger partial charge in [0, 0.05) is 6.04 Å². The predicted molar refractivity (Wildman–Crippen MR) is 80.9 cm³/mol. The molecule has 1 nitrogen and oxygen atoms in total. The highest BCUT2D eigenvalue weighted by atomic mass is 19.1. The molecule has 0 fully saturated rings. The molecule has 0 amide bonds. The van der Waals surface area contributed by atoms with Crippen LogP contribution in [0.4, 0.5) is 4.39 Å². The van der Waals surface area contributed by atoms with Crippen LogP contribution in [0, 0.1) is 11.7 Å². The normalized spacial score (nSPS) is 12.9. The number of unbranched alkanes of at least 4 members (excludes halogenated alkanes) is 2. The SMILES string of the molecule is CCCCCC(CNC(C)C)Cc1ccc(F)cc1. The van der Waals surface area contributed by atoms with E-state index in [0.29, 0.717) is 12.0 Å². The summed E-state index contributed by atoms with van der Waals surface area (Å²) in [6, 6.07) is 7.49. The average molecular weight is 265 g/mol. The van der Waals surface area contributed by atoms with Crippen molar-refractivity contribution in [3.8, 4) is 0 Å². The fourth-order valence-electron chi connectivity index (χ4n) is 2.32. The van der Waals surface area contributed by atoms with Crippen LogP contribution in [0.1, 0.15) is 52.0 Å². The van der Waals surface area contributed by atoms with Gasteiger partial charge in [-0.1, -0.05) is 52.2 Å². The summed E-state index contributed by atoms with van der Waals surface area (Å²) in [5, 5.41) is 3.53. The van der Waals surface area contributed by atoms with Gasteiger partial charge < -0.3 is 5.32 Å². The Labute approximate surface area is 117 Å². The van der Waals surface area contributed by atoms with E-state index in [2.05, 4.69) is 26.1 Å². The Kier molecular flexibility index (Phi) is 7.73. The maximum absolute atomic E-state index is 12.9. The van der Waals surface area contributed by atoms with E-state index in [1.165, 1.54) is 31.2 Å². The molecule has 108 valence electrons. The van der Waals surface area contributed by atoms with E-state index < -0.39 is 0 Å². The van der Waals surface area contributed by atoms with Crippen LogP contribution in [-0.4, -0.2) is 12.6 Å². The first kappa shape index (κ1) is 16.2. The molecule has 0 aliphatic carbocycles. The summed E-state index contributed by atoms with van der Waals surface area (Å²) >= 11 is 0. The van der Waals surface area contributed by atoms with E-state index >= 15 is 0 Å². The molecule has 0 heterocycles. The first-order valence-electron chi connectivity index (χ1n) is 7.59. The molecule has 1 atom stereocenters. The Bertz CT molecular complexity index is 332. The highest BCUT2D eigenvalue weighted by molar-refractivity contribution is 5.16. The Morgan fingerprint density at radius 1 is 1.11 bits per heavy atom. The second-order valence-electron chi connectivity index (χ2n) is 5.76. The number of nitrogens with one attached hydrogen (secondary N) is 1. The zero-order valence-corrected chi connectivity index (χ0v) is 12.6. The van der Waals surface area contributed by atoms with Crippen LogP contribution in [0.2, 0.25) is 0 Å². The lowest BCUT2D eigenvalue weighted by atomic mass is 9.93. The first-order chi connectivity index (χ1) is 9.11. The minimum absolute atomic E-state index is 0.147. The van der Waals surface area contributed by atoms with Crippen molar-refractivity contribution in [2.45, 2.75) is 58.9 Å². The van der Waals surface area contributed by atoms with Gasteiger partial charge in [0.15, 0.2) is 0 Å². The van der Waals surface area contributed by atoms with Gasteiger partial charge in [0.1, 0.15) is 5.82 Å². The number of hydrogen-bond acceptors (Lipinski definition) is 1. The molecule has 1 N–H and O–H groups in total. The van der Waals surface area contributed by atoms with Gasteiger partial charge in [-0.2, -0.15) is 0 Å². The van der Waals surface area contributed by atoms with E-state index in [4.69, 9.17) is 0 Å². The molecule has 0 saturated heterocycles. The molecular weight excluding hydrogens is 237 g/mol. The largest absolute Gasteiger partial charge is 0.314 e. The third-order valence-corrected chi connectivity index (χ3v) is 3.47. The first-order valence-corrected chi connectivity index (χ1v) is 7.59. The summed E-state index contributed by atoms with van der Waals surface area (Å²) in [4.78, 5) is 0. The number of halogens is 1. The van der Waals surface area contributed by atoms with Crippen molar-refractivity contribution < 1.29 is 4.39 Å². The van der Waals surface area contributed by atoms with Crippen LogP contribution in [0.3, 0.4) is 0 Å². The fourth-order valence-corrected chi connectivity index (χ4v) is 2.32. The maximum atomic E-state index is 12.9. The van der Waals surface area contributed by atoms with Gasteiger partial charge in [-0.05, 0) is 43.0 Å². The van der Waals surface area contributed by atoms with Crippen molar-refractivity contribution >= 4 is 0 Å². The highest BCUT2D eigenvalue weighted by Crippen LogP contribution is 2.16. The zero-order chi connectivity index (χ0) is 14.1. The molecular formula is C17H28FN. The van der Waals surface area contributed by atoms with Crippen molar-refractivity contribution in [3.05, 3.63) is 35.6 Å². The van der Waals surface area contributed by atoms with Gasteiger partial charge in [0.2, 0.25) is 0 Å². The molecule has 0 radical (unpaired) electrons. The molecule has 1 aromatic carbocycles. The molecule has 19 heavy (non-hydrogen) atoms. The number of benzene rings is 1. The smallest absolute Gasteiger partial charge is 0.123 e. The highest BCUT2D eigenvalue weighted by Gasteiger charge is 2.10. The minimum atomic E-state index is -0.147. The lowest BCUT2D eigenvalue weighted by Gasteiger charge is -2.19. The molecule has 1 rings (SSSR count). The quantitative estimate of drug-likeness (QED) is 0.645. The molecule has 0 bridgehead atoms. The second-order valence-corrected chi connectivity index (χ2v) is 5.76. The molecule has 0 aliphatic rings. The molecule has 0 saturated carbocycles. The van der Waals surface area contributed by atoms with Gasteiger partial charge in [-0.3, -0.25) is 0 Å². The summed E-state index contributed by atoms with van der Waals surface area (Å²) in [6.07, 6.45) is 6.17. The van der Waals surface area contributed by atoms with Crippen molar-refractivity contribution in [1.82, 2.24) is 5.32 Å². The van der Waals surface area contributed by atoms with E-state index in [-0.39, 0.29) is 5.82 Å². The maximum Gasteiger partial charge on any atom is 0.123 e. The molecule has 1 aromatic rings. The Hall–Kier alpha value is -0.890. The monoisotopic (exact) mass is 265 g/mol. The van der Waals surface area contributed by atoms with Crippen molar-refractivity contribution in [2.75, 3.05) is 6.54 Å². The lowest BCUT2D eigenvalue weighted by molar-refractivity contribution is 0.406. The number of hydrogen-bond donors (Lipinski definition) is 1. The second kappa shape index (κ2) is 9.08. The summed E-state index contributed by atoms with van der Waals surface area (Å²) in [7, 11) is 0. The van der Waals surface area contributed by atoms with Gasteiger partial charge >= 0.3 is 0 Å². The Morgan fingerprint density at radius 2 is 1.79 bits per heavy atom. The average Bonchev–Trinajstić information content (AvgIpc) is 2.38. The van der Waals surface area contributed by atoms with Crippen LogP contribution < -0.4 is 5.32 Å². The standard InChI is InChI=1S/C17H28FN/c1-4-5-6-7-16(13-19-14(2)3)12-15-8-10-17(18)11-9-15/h8-11,14,16,19H,4-7,12-13H2,1-3H3. The van der Waals surface area contributed by atoms with Crippen LogP contribution in [-0.2, 0) is 6.42 Å². The van der Waals surface area contributed by atoms with E-state index in [1.807, 2.05) is 12.1 Å². The van der Waals surface area contributed by atoms with E-state index in [9.17, 15) is 4.39 Å². The third kappa shape index (κ3) is 7.31. The molecule has 1 unspecified atom stereocenters. The van der Waals surface area contributed by atoms with Crippen LogP contribution in [0.15, 0.2) is 24.3 Å². The topological polar surface area (TPSA) is 12.0 Å². The summed E-state index contributed by atoms with van der Waals surface area (Å²) in [5.41, 5.74) is 1.24. The van der Waals surface area contributed by atoms with Crippen LogP contribution >= 0.6 is 0 Å². The minimum Gasteiger partial charge on any atom is -0.314 e. The number of rotatable bonds is 9. The van der Waals surface area contributed by atoms with E-state index in [0.717, 1.165) is 13.0 Å². The summed E-state index contributed by atoms with van der Waals surface area (Å²) in [6.45, 7) is 7.65. The zero-order valence-electron chi connectivity index (χ0n) is 12.6. The molecule has 0 aliphatic heterocycles.